The Bertz CT molecular complexity index is 859. The van der Waals surface area contributed by atoms with Gasteiger partial charge in [0.05, 0.1) is 12.0 Å². The van der Waals surface area contributed by atoms with Crippen LogP contribution in [0.15, 0.2) is 54.2 Å². The Balaban J connectivity index is 2.27. The van der Waals surface area contributed by atoms with Gasteiger partial charge in [-0.25, -0.2) is 0 Å². The lowest BCUT2D eigenvalue weighted by Gasteiger charge is -2.10. The van der Waals surface area contributed by atoms with Crippen molar-refractivity contribution < 1.29 is 19.2 Å². The van der Waals surface area contributed by atoms with Crippen molar-refractivity contribution in [1.82, 2.24) is 5.32 Å². The summed E-state index contributed by atoms with van der Waals surface area (Å²) in [7, 11) is 1.53. The van der Waals surface area contributed by atoms with E-state index in [0.29, 0.717) is 17.0 Å². The summed E-state index contributed by atoms with van der Waals surface area (Å²) >= 11 is 0. The molecule has 8 heteroatoms. The van der Waals surface area contributed by atoms with Crippen molar-refractivity contribution in [2.45, 2.75) is 6.92 Å². The number of non-ortho nitro benzene ring substituents is 1. The first kappa shape index (κ1) is 18.7. The maximum absolute atomic E-state index is 12.5. The van der Waals surface area contributed by atoms with Gasteiger partial charge in [0.1, 0.15) is 11.4 Å². The van der Waals surface area contributed by atoms with Crippen LogP contribution in [0.25, 0.3) is 6.08 Å². The van der Waals surface area contributed by atoms with Crippen molar-refractivity contribution in [3.05, 3.63) is 69.9 Å². The molecular formula is C18H17N3O5. The largest absolute Gasteiger partial charge is 0.497 e. The van der Waals surface area contributed by atoms with Crippen molar-refractivity contribution in [3.8, 4) is 5.75 Å². The van der Waals surface area contributed by atoms with Gasteiger partial charge < -0.3 is 15.4 Å². The van der Waals surface area contributed by atoms with Crippen molar-refractivity contribution in [3.63, 3.8) is 0 Å². The molecule has 0 bridgehead atoms. The van der Waals surface area contributed by atoms with E-state index in [1.165, 1.54) is 38.3 Å². The Morgan fingerprint density at radius 2 is 1.85 bits per heavy atom. The summed E-state index contributed by atoms with van der Waals surface area (Å²) in [6.07, 6.45) is 1.37. The number of hydrogen-bond donors (Lipinski definition) is 2. The quantitative estimate of drug-likeness (QED) is 0.470. The molecule has 0 saturated heterocycles. The number of carbonyl (C=O) groups is 2. The van der Waals surface area contributed by atoms with Crippen LogP contribution in [-0.4, -0.2) is 23.8 Å². The number of carbonyl (C=O) groups excluding carboxylic acids is 2. The van der Waals surface area contributed by atoms with E-state index in [1.807, 2.05) is 0 Å². The number of amides is 2. The van der Waals surface area contributed by atoms with Crippen LogP contribution in [0.2, 0.25) is 0 Å². The van der Waals surface area contributed by atoms with Crippen LogP contribution < -0.4 is 15.4 Å². The molecule has 0 aliphatic heterocycles. The molecule has 0 spiro atoms. The fraction of sp³-hybridized carbons (Fsp3) is 0.111. The van der Waals surface area contributed by atoms with Gasteiger partial charge in [-0.2, -0.15) is 0 Å². The van der Waals surface area contributed by atoms with Gasteiger partial charge in [-0.05, 0) is 35.9 Å². The van der Waals surface area contributed by atoms with E-state index in [9.17, 15) is 19.7 Å². The molecule has 0 saturated carbocycles. The minimum absolute atomic E-state index is 0.0335. The molecule has 2 N–H and O–H groups in total. The predicted molar refractivity (Wildman–Crippen MR) is 96.5 cm³/mol. The highest BCUT2D eigenvalue weighted by Gasteiger charge is 2.13. The van der Waals surface area contributed by atoms with Gasteiger partial charge >= 0.3 is 0 Å². The summed E-state index contributed by atoms with van der Waals surface area (Å²) in [6, 6.07) is 12.4. The third-order valence-electron chi connectivity index (χ3n) is 3.30. The second-order valence-electron chi connectivity index (χ2n) is 5.27. The lowest BCUT2D eigenvalue weighted by Crippen LogP contribution is -2.28. The number of benzene rings is 2. The average Bonchev–Trinajstić information content (AvgIpc) is 2.61. The lowest BCUT2D eigenvalue weighted by molar-refractivity contribution is -0.384. The van der Waals surface area contributed by atoms with Crippen LogP contribution in [0.4, 0.5) is 11.4 Å². The maximum atomic E-state index is 12.5. The van der Waals surface area contributed by atoms with Crippen LogP contribution in [0.5, 0.6) is 5.75 Å². The molecule has 2 aromatic rings. The van der Waals surface area contributed by atoms with E-state index in [0.717, 1.165) is 0 Å². The highest BCUT2D eigenvalue weighted by Crippen LogP contribution is 2.18. The van der Waals surface area contributed by atoms with Crippen molar-refractivity contribution >= 4 is 29.3 Å². The van der Waals surface area contributed by atoms with Crippen LogP contribution in [0.3, 0.4) is 0 Å². The van der Waals surface area contributed by atoms with Gasteiger partial charge in [0, 0.05) is 24.7 Å². The first-order chi connectivity index (χ1) is 12.4. The number of anilines is 1. The van der Waals surface area contributed by atoms with E-state index in [2.05, 4.69) is 10.6 Å². The van der Waals surface area contributed by atoms with Gasteiger partial charge in [-0.3, -0.25) is 19.7 Å². The SMILES string of the molecule is COc1ccc(NC(=O)/C(=C\c2cccc([N+](=O)[O-])c2)NC(C)=O)cc1. The molecule has 0 aliphatic carbocycles. The molecular weight excluding hydrogens is 338 g/mol. The lowest BCUT2D eigenvalue weighted by atomic mass is 10.1. The number of ether oxygens (including phenoxy) is 1. The second-order valence-corrected chi connectivity index (χ2v) is 5.27. The van der Waals surface area contributed by atoms with Gasteiger partial charge in [0.15, 0.2) is 0 Å². The number of nitrogens with one attached hydrogen (secondary N) is 2. The molecule has 0 aliphatic rings. The number of hydrogen-bond acceptors (Lipinski definition) is 5. The predicted octanol–water partition coefficient (Wildman–Crippen LogP) is 2.72. The van der Waals surface area contributed by atoms with Gasteiger partial charge in [-0.1, -0.05) is 12.1 Å². The topological polar surface area (TPSA) is 111 Å². The molecule has 0 radical (unpaired) electrons. The van der Waals surface area contributed by atoms with E-state index in [-0.39, 0.29) is 11.4 Å². The molecule has 0 heterocycles. The minimum atomic E-state index is -0.558. The zero-order valence-electron chi connectivity index (χ0n) is 14.2. The summed E-state index contributed by atoms with van der Waals surface area (Å²) < 4.78 is 5.05. The summed E-state index contributed by atoms with van der Waals surface area (Å²) in [6.45, 7) is 1.27. The Hall–Kier alpha value is -3.68. The number of nitro groups is 1. The Morgan fingerprint density at radius 3 is 2.42 bits per heavy atom. The molecule has 0 aromatic heterocycles. The van der Waals surface area contributed by atoms with E-state index in [1.54, 1.807) is 30.3 Å². The third-order valence-corrected chi connectivity index (χ3v) is 3.30. The molecule has 0 unspecified atom stereocenters. The molecule has 2 amide bonds. The van der Waals surface area contributed by atoms with Crippen LogP contribution in [0.1, 0.15) is 12.5 Å². The monoisotopic (exact) mass is 355 g/mol. The summed E-state index contributed by atoms with van der Waals surface area (Å²) in [5, 5.41) is 15.9. The second kappa shape index (κ2) is 8.43. The van der Waals surface area contributed by atoms with E-state index in [4.69, 9.17) is 4.74 Å². The van der Waals surface area contributed by atoms with Crippen LogP contribution in [-0.2, 0) is 9.59 Å². The van der Waals surface area contributed by atoms with Crippen molar-refractivity contribution in [1.29, 1.82) is 0 Å². The first-order valence-corrected chi connectivity index (χ1v) is 7.58. The Kier molecular flexibility index (Phi) is 6.05. The zero-order chi connectivity index (χ0) is 19.1. The molecule has 2 aromatic carbocycles. The summed E-state index contributed by atoms with van der Waals surface area (Å²) in [5.41, 5.74) is 0.768. The highest BCUT2D eigenvalue weighted by molar-refractivity contribution is 6.08. The molecule has 0 atom stereocenters. The normalized spacial score (nSPS) is 10.8. The highest BCUT2D eigenvalue weighted by atomic mass is 16.6. The Labute approximate surface area is 149 Å². The number of nitrogens with zero attached hydrogens (tertiary/aromatic N) is 1. The molecule has 134 valence electrons. The summed E-state index contributed by atoms with van der Waals surface area (Å²) in [4.78, 5) is 34.2. The van der Waals surface area contributed by atoms with Crippen molar-refractivity contribution in [2.75, 3.05) is 12.4 Å². The fourth-order valence-corrected chi connectivity index (χ4v) is 2.12. The average molecular weight is 355 g/mol. The number of rotatable bonds is 6. The first-order valence-electron chi connectivity index (χ1n) is 7.58. The molecule has 0 fully saturated rings. The smallest absolute Gasteiger partial charge is 0.272 e. The minimum Gasteiger partial charge on any atom is -0.497 e. The van der Waals surface area contributed by atoms with E-state index < -0.39 is 16.7 Å². The number of methoxy groups -OCH3 is 1. The zero-order valence-corrected chi connectivity index (χ0v) is 14.2. The van der Waals surface area contributed by atoms with Crippen LogP contribution in [0, 0.1) is 10.1 Å². The number of nitro benzene ring substituents is 1. The van der Waals surface area contributed by atoms with E-state index >= 15 is 0 Å². The molecule has 2 rings (SSSR count). The molecule has 26 heavy (non-hydrogen) atoms. The maximum Gasteiger partial charge on any atom is 0.272 e. The molecule has 8 nitrogen and oxygen atoms in total. The van der Waals surface area contributed by atoms with Crippen LogP contribution >= 0.6 is 0 Å². The van der Waals surface area contributed by atoms with Gasteiger partial charge in [0.2, 0.25) is 5.91 Å². The summed E-state index contributed by atoms with van der Waals surface area (Å²) in [5.74, 6) is -0.361. The third kappa shape index (κ3) is 5.17. The van der Waals surface area contributed by atoms with Crippen molar-refractivity contribution in [2.24, 2.45) is 0 Å². The standard InChI is InChI=1S/C18H17N3O5/c1-12(22)19-17(11-13-4-3-5-15(10-13)21(24)25)18(23)20-14-6-8-16(26-2)9-7-14/h3-11H,1-2H3,(H,19,22)(H,20,23)/b17-11+. The Morgan fingerprint density at radius 1 is 1.15 bits per heavy atom. The van der Waals surface area contributed by atoms with Gasteiger partial charge in [-0.15, -0.1) is 0 Å². The van der Waals surface area contributed by atoms with Gasteiger partial charge in [0.25, 0.3) is 11.6 Å². The fourth-order valence-electron chi connectivity index (χ4n) is 2.12.